The molecule has 0 saturated carbocycles. The predicted molar refractivity (Wildman–Crippen MR) is 91.7 cm³/mol. The topological polar surface area (TPSA) is 83.8 Å². The van der Waals surface area contributed by atoms with Gasteiger partial charge in [0.2, 0.25) is 10.0 Å². The average molecular weight is 353 g/mol. The maximum absolute atomic E-state index is 12.8. The van der Waals surface area contributed by atoms with Gasteiger partial charge in [-0.2, -0.15) is 4.31 Å². The lowest BCUT2D eigenvalue weighted by molar-refractivity contribution is -0.384. The zero-order chi connectivity index (χ0) is 17.3. The fourth-order valence-corrected chi connectivity index (χ4v) is 5.17. The van der Waals surface area contributed by atoms with Gasteiger partial charge < -0.3 is 4.90 Å². The molecule has 24 heavy (non-hydrogen) atoms. The van der Waals surface area contributed by atoms with Crippen LogP contribution >= 0.6 is 0 Å². The molecular weight excluding hydrogens is 330 g/mol. The predicted octanol–water partition coefficient (Wildman–Crippen LogP) is 2.62. The van der Waals surface area contributed by atoms with Crippen LogP contribution in [0.5, 0.6) is 0 Å². The van der Waals surface area contributed by atoms with Crippen LogP contribution in [0.2, 0.25) is 0 Å². The highest BCUT2D eigenvalue weighted by Gasteiger charge is 2.31. The van der Waals surface area contributed by atoms with Gasteiger partial charge in [0.05, 0.1) is 9.82 Å². The summed E-state index contributed by atoms with van der Waals surface area (Å²) in [6.07, 6.45) is 3.85. The fourth-order valence-electron chi connectivity index (χ4n) is 3.55. The van der Waals surface area contributed by atoms with Crippen molar-refractivity contribution in [3.8, 4) is 0 Å². The van der Waals surface area contributed by atoms with E-state index in [4.69, 9.17) is 0 Å². The highest BCUT2D eigenvalue weighted by molar-refractivity contribution is 7.89. The van der Waals surface area contributed by atoms with Crippen LogP contribution in [-0.2, 0) is 10.0 Å². The first kappa shape index (κ1) is 17.2. The summed E-state index contributed by atoms with van der Waals surface area (Å²) in [6.45, 7) is 4.53. The Hall–Kier alpha value is -1.67. The molecule has 2 fully saturated rings. The van der Waals surface area contributed by atoms with Crippen LogP contribution in [0, 0.1) is 16.0 Å². The largest absolute Gasteiger partial charge is 0.366 e. The lowest BCUT2D eigenvalue weighted by atomic mass is 10.0. The van der Waals surface area contributed by atoms with Crippen LogP contribution < -0.4 is 4.90 Å². The zero-order valence-corrected chi connectivity index (χ0v) is 14.7. The van der Waals surface area contributed by atoms with E-state index in [-0.39, 0.29) is 10.6 Å². The van der Waals surface area contributed by atoms with Crippen molar-refractivity contribution in [2.24, 2.45) is 5.92 Å². The van der Waals surface area contributed by atoms with E-state index >= 15 is 0 Å². The van der Waals surface area contributed by atoms with Gasteiger partial charge in [-0.25, -0.2) is 8.42 Å². The first-order valence-corrected chi connectivity index (χ1v) is 9.87. The molecule has 0 bridgehead atoms. The lowest BCUT2D eigenvalue weighted by Crippen LogP contribution is -2.39. The number of hydrogen-bond acceptors (Lipinski definition) is 5. The normalized spacial score (nSPS) is 22.7. The van der Waals surface area contributed by atoms with Crippen molar-refractivity contribution in [2.75, 3.05) is 31.1 Å². The molecule has 2 saturated heterocycles. The SMILES string of the molecule is C[C@@H]1CCCN(S(=O)(=O)c2ccc(N3CCCC3)c([N+](=O)[O-])c2)C1. The van der Waals surface area contributed by atoms with Gasteiger partial charge in [-0.15, -0.1) is 0 Å². The molecular formula is C16H23N3O4S. The second kappa shape index (κ2) is 6.68. The van der Waals surface area contributed by atoms with Crippen molar-refractivity contribution in [3.05, 3.63) is 28.3 Å². The van der Waals surface area contributed by atoms with Gasteiger partial charge >= 0.3 is 0 Å². The van der Waals surface area contributed by atoms with E-state index in [1.807, 2.05) is 11.8 Å². The molecule has 3 rings (SSSR count). The molecule has 132 valence electrons. The molecule has 1 aromatic rings. The van der Waals surface area contributed by atoms with E-state index in [1.54, 1.807) is 6.07 Å². The minimum absolute atomic E-state index is 0.0197. The van der Waals surface area contributed by atoms with Gasteiger partial charge in [-0.05, 0) is 43.7 Å². The molecule has 0 aromatic heterocycles. The molecule has 1 aromatic carbocycles. The zero-order valence-electron chi connectivity index (χ0n) is 13.8. The molecule has 7 nitrogen and oxygen atoms in total. The van der Waals surface area contributed by atoms with Gasteiger partial charge in [-0.1, -0.05) is 6.92 Å². The maximum atomic E-state index is 12.8. The van der Waals surface area contributed by atoms with Crippen molar-refractivity contribution >= 4 is 21.4 Å². The summed E-state index contributed by atoms with van der Waals surface area (Å²) >= 11 is 0. The van der Waals surface area contributed by atoms with Crippen LogP contribution in [-0.4, -0.2) is 43.8 Å². The van der Waals surface area contributed by atoms with Gasteiger partial charge in [0.1, 0.15) is 5.69 Å². The standard InChI is InChI=1S/C16H23N3O4S/c1-13-5-4-10-18(12-13)24(22,23)14-6-7-15(16(11-14)19(20)21)17-8-2-3-9-17/h6-7,11,13H,2-5,8-10,12H2,1H3/t13-/m1/s1. The summed E-state index contributed by atoms with van der Waals surface area (Å²) in [4.78, 5) is 13.0. The third kappa shape index (κ3) is 3.25. The number of rotatable bonds is 4. The van der Waals surface area contributed by atoms with Gasteiger partial charge in [0.15, 0.2) is 0 Å². The Morgan fingerprint density at radius 1 is 1.17 bits per heavy atom. The van der Waals surface area contributed by atoms with E-state index < -0.39 is 14.9 Å². The smallest absolute Gasteiger partial charge is 0.293 e. The summed E-state index contributed by atoms with van der Waals surface area (Å²) in [6, 6.07) is 4.32. The van der Waals surface area contributed by atoms with Crippen LogP contribution in [0.3, 0.4) is 0 Å². The number of sulfonamides is 1. The highest BCUT2D eigenvalue weighted by Crippen LogP contribution is 2.34. The Labute approximate surface area is 142 Å². The Bertz CT molecular complexity index is 729. The van der Waals surface area contributed by atoms with E-state index in [1.165, 1.54) is 16.4 Å². The number of hydrogen-bond donors (Lipinski definition) is 0. The Morgan fingerprint density at radius 2 is 1.88 bits per heavy atom. The number of benzene rings is 1. The van der Waals surface area contributed by atoms with Crippen molar-refractivity contribution < 1.29 is 13.3 Å². The number of piperidine rings is 1. The number of nitrogens with zero attached hydrogens (tertiary/aromatic N) is 3. The molecule has 0 spiro atoms. The molecule has 0 amide bonds. The maximum Gasteiger partial charge on any atom is 0.293 e. The molecule has 0 N–H and O–H groups in total. The second-order valence-electron chi connectivity index (χ2n) is 6.71. The van der Waals surface area contributed by atoms with Crippen molar-refractivity contribution in [2.45, 2.75) is 37.5 Å². The summed E-state index contributed by atoms with van der Waals surface area (Å²) in [5, 5.41) is 11.5. The monoisotopic (exact) mass is 353 g/mol. The molecule has 8 heteroatoms. The molecule has 1 atom stereocenters. The van der Waals surface area contributed by atoms with E-state index in [9.17, 15) is 18.5 Å². The average Bonchev–Trinajstić information content (AvgIpc) is 3.08. The fraction of sp³-hybridized carbons (Fsp3) is 0.625. The second-order valence-corrected chi connectivity index (χ2v) is 8.65. The quantitative estimate of drug-likeness (QED) is 0.614. The molecule has 2 aliphatic rings. The Balaban J connectivity index is 1.96. The van der Waals surface area contributed by atoms with Gasteiger partial charge in [0, 0.05) is 32.2 Å². The summed E-state index contributed by atoms with van der Waals surface area (Å²) in [7, 11) is -3.68. The summed E-state index contributed by atoms with van der Waals surface area (Å²) in [5.74, 6) is 0.312. The van der Waals surface area contributed by atoms with E-state index in [2.05, 4.69) is 0 Å². The number of nitro benzene ring substituents is 1. The van der Waals surface area contributed by atoms with Crippen LogP contribution in [0.15, 0.2) is 23.1 Å². The Kier molecular flexibility index (Phi) is 4.78. The molecule has 0 radical (unpaired) electrons. The first-order chi connectivity index (χ1) is 11.4. The summed E-state index contributed by atoms with van der Waals surface area (Å²) in [5.41, 5.74) is 0.395. The van der Waals surface area contributed by atoms with Crippen molar-refractivity contribution in [3.63, 3.8) is 0 Å². The molecule has 0 aliphatic carbocycles. The highest BCUT2D eigenvalue weighted by atomic mass is 32.2. The van der Waals surface area contributed by atoms with Crippen LogP contribution in [0.25, 0.3) is 0 Å². The Morgan fingerprint density at radius 3 is 2.50 bits per heavy atom. The summed E-state index contributed by atoms with van der Waals surface area (Å²) < 4.78 is 27.1. The van der Waals surface area contributed by atoms with E-state index in [0.717, 1.165) is 38.8 Å². The van der Waals surface area contributed by atoms with Gasteiger partial charge in [0.25, 0.3) is 5.69 Å². The van der Waals surface area contributed by atoms with Gasteiger partial charge in [-0.3, -0.25) is 10.1 Å². The molecule has 2 aliphatic heterocycles. The number of nitro groups is 1. The third-order valence-corrected chi connectivity index (χ3v) is 6.71. The molecule has 0 unspecified atom stereocenters. The minimum atomic E-state index is -3.68. The molecule has 2 heterocycles. The lowest BCUT2D eigenvalue weighted by Gasteiger charge is -2.30. The van der Waals surface area contributed by atoms with E-state index in [0.29, 0.717) is 24.7 Å². The first-order valence-electron chi connectivity index (χ1n) is 8.43. The number of anilines is 1. The van der Waals surface area contributed by atoms with Crippen LogP contribution in [0.4, 0.5) is 11.4 Å². The van der Waals surface area contributed by atoms with Crippen molar-refractivity contribution in [1.29, 1.82) is 0 Å². The van der Waals surface area contributed by atoms with Crippen molar-refractivity contribution in [1.82, 2.24) is 4.31 Å². The minimum Gasteiger partial charge on any atom is -0.366 e. The third-order valence-electron chi connectivity index (χ3n) is 4.85. The van der Waals surface area contributed by atoms with Crippen LogP contribution in [0.1, 0.15) is 32.6 Å².